The maximum absolute atomic E-state index is 13.7. The SMILES string of the molecule is COc1ccc(/C=C/C(=O)N(C)CC(=O)Nc2cc(Cl)ccc2OC)cc1F. The molecule has 0 radical (unpaired) electrons. The first-order valence-corrected chi connectivity index (χ1v) is 8.62. The van der Waals surface area contributed by atoms with Gasteiger partial charge in [0.1, 0.15) is 5.75 Å². The molecule has 8 heteroatoms. The van der Waals surface area contributed by atoms with Crippen LogP contribution in [0.1, 0.15) is 5.56 Å². The predicted molar refractivity (Wildman–Crippen MR) is 106 cm³/mol. The normalized spacial score (nSPS) is 10.6. The lowest BCUT2D eigenvalue weighted by atomic mass is 10.2. The summed E-state index contributed by atoms with van der Waals surface area (Å²) in [5.41, 5.74) is 0.901. The minimum atomic E-state index is -0.527. The zero-order chi connectivity index (χ0) is 20.7. The highest BCUT2D eigenvalue weighted by molar-refractivity contribution is 6.31. The molecular weight excluding hydrogens is 387 g/mol. The molecule has 28 heavy (non-hydrogen) atoms. The zero-order valence-corrected chi connectivity index (χ0v) is 16.4. The number of nitrogens with one attached hydrogen (secondary N) is 1. The third kappa shape index (κ3) is 5.72. The van der Waals surface area contributed by atoms with Gasteiger partial charge in [-0.05, 0) is 42.0 Å². The number of hydrogen-bond donors (Lipinski definition) is 1. The van der Waals surface area contributed by atoms with Crippen molar-refractivity contribution in [3.05, 3.63) is 58.9 Å². The van der Waals surface area contributed by atoms with Gasteiger partial charge in [-0.15, -0.1) is 0 Å². The zero-order valence-electron chi connectivity index (χ0n) is 15.7. The average molecular weight is 407 g/mol. The monoisotopic (exact) mass is 406 g/mol. The van der Waals surface area contributed by atoms with Crippen LogP contribution in [-0.4, -0.2) is 44.5 Å². The molecule has 0 saturated carbocycles. The Balaban J connectivity index is 1.97. The molecule has 0 aliphatic rings. The second kappa shape index (κ2) is 9.75. The fraction of sp³-hybridized carbons (Fsp3) is 0.200. The van der Waals surface area contributed by atoms with E-state index < -0.39 is 17.6 Å². The second-order valence-corrected chi connectivity index (χ2v) is 6.25. The lowest BCUT2D eigenvalue weighted by molar-refractivity contribution is -0.129. The van der Waals surface area contributed by atoms with E-state index in [2.05, 4.69) is 5.32 Å². The van der Waals surface area contributed by atoms with Gasteiger partial charge in [0.05, 0.1) is 26.5 Å². The van der Waals surface area contributed by atoms with E-state index in [0.29, 0.717) is 22.0 Å². The van der Waals surface area contributed by atoms with Crippen LogP contribution in [0.3, 0.4) is 0 Å². The van der Waals surface area contributed by atoms with Crippen molar-refractivity contribution in [3.63, 3.8) is 0 Å². The number of methoxy groups -OCH3 is 2. The summed E-state index contributed by atoms with van der Waals surface area (Å²) in [5, 5.41) is 3.09. The van der Waals surface area contributed by atoms with Crippen LogP contribution in [0, 0.1) is 5.82 Å². The van der Waals surface area contributed by atoms with Gasteiger partial charge in [-0.25, -0.2) is 4.39 Å². The van der Waals surface area contributed by atoms with Crippen molar-refractivity contribution < 1.29 is 23.5 Å². The Hall–Kier alpha value is -3.06. The topological polar surface area (TPSA) is 67.9 Å². The maximum atomic E-state index is 13.7. The molecule has 0 bridgehead atoms. The molecule has 0 atom stereocenters. The quantitative estimate of drug-likeness (QED) is 0.713. The van der Waals surface area contributed by atoms with Gasteiger partial charge in [-0.3, -0.25) is 9.59 Å². The largest absolute Gasteiger partial charge is 0.495 e. The van der Waals surface area contributed by atoms with E-state index in [9.17, 15) is 14.0 Å². The summed E-state index contributed by atoms with van der Waals surface area (Å²) >= 11 is 5.93. The van der Waals surface area contributed by atoms with Crippen molar-refractivity contribution in [3.8, 4) is 11.5 Å². The lowest BCUT2D eigenvalue weighted by Gasteiger charge is -2.16. The number of hydrogen-bond acceptors (Lipinski definition) is 4. The molecule has 0 spiro atoms. The summed E-state index contributed by atoms with van der Waals surface area (Å²) in [5.74, 6) is -0.785. The minimum absolute atomic E-state index is 0.119. The Morgan fingerprint density at radius 2 is 1.82 bits per heavy atom. The molecule has 0 aliphatic carbocycles. The van der Waals surface area contributed by atoms with Crippen LogP contribution >= 0.6 is 11.6 Å². The van der Waals surface area contributed by atoms with E-state index in [0.717, 1.165) is 0 Å². The van der Waals surface area contributed by atoms with Crippen LogP contribution in [0.4, 0.5) is 10.1 Å². The highest BCUT2D eigenvalue weighted by atomic mass is 35.5. The summed E-state index contributed by atoms with van der Waals surface area (Å²) in [6.45, 7) is -0.185. The molecule has 0 aliphatic heterocycles. The van der Waals surface area contributed by atoms with E-state index in [-0.39, 0.29) is 12.3 Å². The van der Waals surface area contributed by atoms with Crippen LogP contribution in [0.5, 0.6) is 11.5 Å². The number of likely N-dealkylation sites (N-methyl/N-ethyl adjacent to an activating group) is 1. The second-order valence-electron chi connectivity index (χ2n) is 5.81. The number of benzene rings is 2. The molecule has 0 fully saturated rings. The summed E-state index contributed by atoms with van der Waals surface area (Å²) in [6.07, 6.45) is 2.72. The van der Waals surface area contributed by atoms with Gasteiger partial charge in [0, 0.05) is 18.1 Å². The van der Waals surface area contributed by atoms with Gasteiger partial charge < -0.3 is 19.7 Å². The highest BCUT2D eigenvalue weighted by Gasteiger charge is 2.13. The molecule has 6 nitrogen and oxygen atoms in total. The fourth-order valence-corrected chi connectivity index (χ4v) is 2.51. The highest BCUT2D eigenvalue weighted by Crippen LogP contribution is 2.27. The van der Waals surface area contributed by atoms with E-state index in [1.165, 1.54) is 50.5 Å². The lowest BCUT2D eigenvalue weighted by Crippen LogP contribution is -2.33. The van der Waals surface area contributed by atoms with Gasteiger partial charge in [-0.2, -0.15) is 0 Å². The molecule has 1 N–H and O–H groups in total. The number of ether oxygens (including phenoxy) is 2. The molecule has 0 saturated heterocycles. The molecule has 2 rings (SSSR count). The van der Waals surface area contributed by atoms with Crippen LogP contribution in [-0.2, 0) is 9.59 Å². The van der Waals surface area contributed by atoms with E-state index >= 15 is 0 Å². The number of nitrogens with zero attached hydrogens (tertiary/aromatic N) is 1. The molecule has 2 aromatic carbocycles. The van der Waals surface area contributed by atoms with Gasteiger partial charge in [0.2, 0.25) is 11.8 Å². The van der Waals surface area contributed by atoms with Gasteiger partial charge in [0.25, 0.3) is 0 Å². The Morgan fingerprint density at radius 1 is 1.14 bits per heavy atom. The molecule has 2 aromatic rings. The van der Waals surface area contributed by atoms with E-state index in [1.807, 2.05) is 0 Å². The minimum Gasteiger partial charge on any atom is -0.495 e. The number of carbonyl (C=O) groups is 2. The first-order chi connectivity index (χ1) is 13.3. The van der Waals surface area contributed by atoms with Gasteiger partial charge >= 0.3 is 0 Å². The predicted octanol–water partition coefficient (Wildman–Crippen LogP) is 3.61. The van der Waals surface area contributed by atoms with Crippen molar-refractivity contribution in [2.45, 2.75) is 0 Å². The third-order valence-electron chi connectivity index (χ3n) is 3.79. The smallest absolute Gasteiger partial charge is 0.246 e. The number of halogens is 2. The van der Waals surface area contributed by atoms with Crippen molar-refractivity contribution in [2.75, 3.05) is 33.1 Å². The molecule has 0 unspecified atom stereocenters. The number of anilines is 1. The summed E-state index contributed by atoms with van der Waals surface area (Å²) in [6, 6.07) is 9.15. The van der Waals surface area contributed by atoms with Crippen molar-refractivity contribution in [1.29, 1.82) is 0 Å². The Kier molecular flexibility index (Phi) is 7.40. The first kappa shape index (κ1) is 21.2. The number of amides is 2. The van der Waals surface area contributed by atoms with Crippen LogP contribution in [0.15, 0.2) is 42.5 Å². The van der Waals surface area contributed by atoms with Crippen molar-refractivity contribution in [2.24, 2.45) is 0 Å². The van der Waals surface area contributed by atoms with E-state index in [4.69, 9.17) is 21.1 Å². The van der Waals surface area contributed by atoms with Crippen molar-refractivity contribution >= 4 is 35.2 Å². The summed E-state index contributed by atoms with van der Waals surface area (Å²) in [7, 11) is 4.33. The third-order valence-corrected chi connectivity index (χ3v) is 4.02. The fourth-order valence-electron chi connectivity index (χ4n) is 2.34. The van der Waals surface area contributed by atoms with Gasteiger partial charge in [-0.1, -0.05) is 17.7 Å². The van der Waals surface area contributed by atoms with Gasteiger partial charge in [0.15, 0.2) is 11.6 Å². The molecule has 2 amide bonds. The summed E-state index contributed by atoms with van der Waals surface area (Å²) < 4.78 is 23.7. The number of rotatable bonds is 7. The number of carbonyl (C=O) groups excluding carboxylic acids is 2. The molecule has 0 heterocycles. The van der Waals surface area contributed by atoms with E-state index in [1.54, 1.807) is 24.3 Å². The van der Waals surface area contributed by atoms with Crippen LogP contribution in [0.25, 0.3) is 6.08 Å². The molecule has 0 aromatic heterocycles. The van der Waals surface area contributed by atoms with Crippen LogP contribution in [0.2, 0.25) is 5.02 Å². The molecule has 148 valence electrons. The van der Waals surface area contributed by atoms with Crippen molar-refractivity contribution in [1.82, 2.24) is 4.90 Å². The standard InChI is InChI=1S/C20H20ClFN2O4/c1-24(12-19(25)23-16-11-14(21)6-8-18(16)28-3)20(26)9-5-13-4-7-17(27-2)15(22)10-13/h4-11H,12H2,1-3H3,(H,23,25)/b9-5+. The average Bonchev–Trinajstić information content (AvgIpc) is 2.66. The Morgan fingerprint density at radius 3 is 2.46 bits per heavy atom. The summed E-state index contributed by atoms with van der Waals surface area (Å²) in [4.78, 5) is 25.6. The Labute approximate surface area is 167 Å². The maximum Gasteiger partial charge on any atom is 0.246 e. The van der Waals surface area contributed by atoms with Crippen LogP contribution < -0.4 is 14.8 Å². The Bertz CT molecular complexity index is 902. The molecular formula is C20H20ClFN2O4. The first-order valence-electron chi connectivity index (χ1n) is 8.24.